The Balaban J connectivity index is 1.48. The highest BCUT2D eigenvalue weighted by Crippen LogP contribution is 2.41. The van der Waals surface area contributed by atoms with E-state index in [0.29, 0.717) is 0 Å². The molecule has 6 rings (SSSR count). The zero-order valence-electron chi connectivity index (χ0n) is 24.4. The highest BCUT2D eigenvalue weighted by Gasteiger charge is 2.16. The van der Waals surface area contributed by atoms with Crippen molar-refractivity contribution in [2.75, 3.05) is 10.6 Å². The molecule has 6 aromatic rings. The number of rotatable bonds is 4. The highest BCUT2D eigenvalue weighted by molar-refractivity contribution is 6.23. The minimum absolute atomic E-state index is 0.132. The van der Waals surface area contributed by atoms with Crippen LogP contribution in [0.5, 0.6) is 0 Å². The topological polar surface area (TPSA) is 24.1 Å². The molecular formula is C38H38N2. The molecular weight excluding hydrogens is 484 g/mol. The van der Waals surface area contributed by atoms with Crippen LogP contribution in [0.1, 0.15) is 52.7 Å². The van der Waals surface area contributed by atoms with Crippen LogP contribution in [0, 0.1) is 0 Å². The zero-order chi connectivity index (χ0) is 28.1. The highest BCUT2D eigenvalue weighted by atomic mass is 14.9. The molecule has 2 N–H and O–H groups in total. The maximum absolute atomic E-state index is 3.74. The Labute approximate surface area is 238 Å². The van der Waals surface area contributed by atoms with Crippen LogP contribution in [-0.2, 0) is 10.8 Å². The van der Waals surface area contributed by atoms with Crippen molar-refractivity contribution in [3.8, 4) is 0 Å². The van der Waals surface area contributed by atoms with Crippen molar-refractivity contribution in [2.24, 2.45) is 0 Å². The minimum atomic E-state index is 0.132. The number of fused-ring (bicyclic) bond motifs is 5. The Bertz CT molecular complexity index is 1690. The fourth-order valence-corrected chi connectivity index (χ4v) is 5.58. The molecule has 0 aromatic heterocycles. The zero-order valence-corrected chi connectivity index (χ0v) is 24.4. The van der Waals surface area contributed by atoms with E-state index >= 15 is 0 Å². The van der Waals surface area contributed by atoms with Gasteiger partial charge >= 0.3 is 0 Å². The average molecular weight is 523 g/mol. The Morgan fingerprint density at radius 2 is 0.700 bits per heavy atom. The molecule has 0 aliphatic rings. The van der Waals surface area contributed by atoms with Gasteiger partial charge in [0.1, 0.15) is 0 Å². The van der Waals surface area contributed by atoms with Crippen molar-refractivity contribution in [1.29, 1.82) is 0 Å². The standard InChI is InChI=1S/C38H38N2/c1-37(2,3)25-15-19-27(20-16-25)39-35-23-33-30-12-8-10-14-32(30)36(24-34(33)29-11-7-9-13-31(29)35)40-28-21-17-26(18-22-28)38(4,5)6/h7-24,39-40H,1-6H3. The summed E-state index contributed by atoms with van der Waals surface area (Å²) in [6, 6.07) is 39.7. The fraction of sp³-hybridized carbons (Fsp3) is 0.211. The van der Waals surface area contributed by atoms with Crippen LogP contribution < -0.4 is 10.6 Å². The predicted molar refractivity (Wildman–Crippen MR) is 176 cm³/mol. The van der Waals surface area contributed by atoms with Gasteiger partial charge in [0.15, 0.2) is 0 Å². The number of nitrogens with one attached hydrogen (secondary N) is 2. The van der Waals surface area contributed by atoms with Crippen LogP contribution in [0.4, 0.5) is 22.7 Å². The van der Waals surface area contributed by atoms with E-state index < -0.39 is 0 Å². The first-order chi connectivity index (χ1) is 19.1. The van der Waals surface area contributed by atoms with Crippen molar-refractivity contribution in [2.45, 2.75) is 52.4 Å². The van der Waals surface area contributed by atoms with E-state index in [9.17, 15) is 0 Å². The largest absolute Gasteiger partial charge is 0.355 e. The number of hydrogen-bond acceptors (Lipinski definition) is 2. The molecule has 0 saturated heterocycles. The molecule has 2 nitrogen and oxygen atoms in total. The Kier molecular flexibility index (Phi) is 6.30. The van der Waals surface area contributed by atoms with Gasteiger partial charge < -0.3 is 10.6 Å². The Morgan fingerprint density at radius 3 is 1.02 bits per heavy atom. The van der Waals surface area contributed by atoms with E-state index in [4.69, 9.17) is 0 Å². The van der Waals surface area contributed by atoms with Gasteiger partial charge in [-0.15, -0.1) is 0 Å². The lowest BCUT2D eigenvalue weighted by molar-refractivity contribution is 0.590. The second-order valence-corrected chi connectivity index (χ2v) is 12.9. The van der Waals surface area contributed by atoms with Crippen LogP contribution in [0.25, 0.3) is 32.3 Å². The van der Waals surface area contributed by atoms with Crippen LogP contribution in [0.3, 0.4) is 0 Å². The van der Waals surface area contributed by atoms with E-state index in [0.717, 1.165) is 22.7 Å². The van der Waals surface area contributed by atoms with Gasteiger partial charge in [0.2, 0.25) is 0 Å². The lowest BCUT2D eigenvalue weighted by Gasteiger charge is -2.20. The average Bonchev–Trinajstić information content (AvgIpc) is 2.93. The van der Waals surface area contributed by atoms with Gasteiger partial charge in [0, 0.05) is 33.5 Å². The van der Waals surface area contributed by atoms with Gasteiger partial charge in [-0.2, -0.15) is 0 Å². The fourth-order valence-electron chi connectivity index (χ4n) is 5.58. The van der Waals surface area contributed by atoms with Crippen LogP contribution in [-0.4, -0.2) is 0 Å². The van der Waals surface area contributed by atoms with E-state index in [2.05, 4.69) is 161 Å². The van der Waals surface area contributed by atoms with Crippen LogP contribution >= 0.6 is 0 Å². The van der Waals surface area contributed by atoms with Crippen molar-refractivity contribution < 1.29 is 0 Å². The number of benzene rings is 6. The Hall–Kier alpha value is -4.30. The van der Waals surface area contributed by atoms with Crippen molar-refractivity contribution >= 4 is 55.1 Å². The summed E-state index contributed by atoms with van der Waals surface area (Å²) in [7, 11) is 0. The molecule has 0 fully saturated rings. The summed E-state index contributed by atoms with van der Waals surface area (Å²) in [5, 5.41) is 14.9. The molecule has 0 radical (unpaired) electrons. The molecule has 6 aromatic carbocycles. The second kappa shape index (κ2) is 9.71. The quantitative estimate of drug-likeness (QED) is 0.225. The first-order valence-corrected chi connectivity index (χ1v) is 14.2. The van der Waals surface area contributed by atoms with Crippen molar-refractivity contribution in [1.82, 2.24) is 0 Å². The van der Waals surface area contributed by atoms with Crippen LogP contribution in [0.2, 0.25) is 0 Å². The van der Waals surface area contributed by atoms with Crippen LogP contribution in [0.15, 0.2) is 109 Å². The molecule has 0 unspecified atom stereocenters. The summed E-state index contributed by atoms with van der Waals surface area (Å²) in [6.45, 7) is 13.5. The molecule has 200 valence electrons. The molecule has 0 saturated carbocycles. The third-order valence-electron chi connectivity index (χ3n) is 7.94. The summed E-state index contributed by atoms with van der Waals surface area (Å²) in [6.07, 6.45) is 0. The van der Waals surface area contributed by atoms with Gasteiger partial charge in [0.25, 0.3) is 0 Å². The monoisotopic (exact) mass is 522 g/mol. The van der Waals surface area contributed by atoms with E-state index in [1.165, 1.54) is 43.4 Å². The van der Waals surface area contributed by atoms with Crippen molar-refractivity contribution in [3.63, 3.8) is 0 Å². The lowest BCUT2D eigenvalue weighted by atomic mass is 9.87. The Morgan fingerprint density at radius 1 is 0.375 bits per heavy atom. The summed E-state index contributed by atoms with van der Waals surface area (Å²) in [5.74, 6) is 0. The molecule has 0 aliphatic carbocycles. The number of hydrogen-bond donors (Lipinski definition) is 2. The van der Waals surface area contributed by atoms with Gasteiger partial charge in [0.05, 0.1) is 0 Å². The minimum Gasteiger partial charge on any atom is -0.355 e. The predicted octanol–water partition coefficient (Wildman–Crippen LogP) is 11.2. The molecule has 40 heavy (non-hydrogen) atoms. The molecule has 0 heterocycles. The first-order valence-electron chi connectivity index (χ1n) is 14.2. The summed E-state index contributed by atoms with van der Waals surface area (Å²) in [4.78, 5) is 0. The van der Waals surface area contributed by atoms with Crippen molar-refractivity contribution in [3.05, 3.63) is 120 Å². The van der Waals surface area contributed by atoms with Gasteiger partial charge in [-0.1, -0.05) is 114 Å². The van der Waals surface area contributed by atoms with Gasteiger partial charge in [-0.05, 0) is 79.9 Å². The van der Waals surface area contributed by atoms with E-state index in [1.807, 2.05) is 0 Å². The first kappa shape index (κ1) is 26.0. The summed E-state index contributed by atoms with van der Waals surface area (Å²) in [5.41, 5.74) is 7.37. The lowest BCUT2D eigenvalue weighted by Crippen LogP contribution is -2.10. The normalized spacial score (nSPS) is 12.2. The molecule has 2 heteroatoms. The van der Waals surface area contributed by atoms with Gasteiger partial charge in [-0.3, -0.25) is 0 Å². The molecule has 0 spiro atoms. The summed E-state index contributed by atoms with van der Waals surface area (Å²) >= 11 is 0. The van der Waals surface area contributed by atoms with Gasteiger partial charge in [-0.25, -0.2) is 0 Å². The molecule has 0 amide bonds. The molecule has 0 bridgehead atoms. The molecule has 0 aliphatic heterocycles. The molecule has 0 atom stereocenters. The van der Waals surface area contributed by atoms with E-state index in [-0.39, 0.29) is 10.8 Å². The SMILES string of the molecule is CC(C)(C)c1ccc(Nc2cc3c4ccccc4c(Nc4ccc(C(C)(C)C)cc4)cc3c3ccccc23)cc1. The third kappa shape index (κ3) is 4.91. The second-order valence-electron chi connectivity index (χ2n) is 12.9. The number of anilines is 4. The maximum Gasteiger partial charge on any atom is 0.0470 e. The van der Waals surface area contributed by atoms with E-state index in [1.54, 1.807) is 0 Å². The smallest absolute Gasteiger partial charge is 0.0470 e. The third-order valence-corrected chi connectivity index (χ3v) is 7.94. The maximum atomic E-state index is 3.74. The summed E-state index contributed by atoms with van der Waals surface area (Å²) < 4.78 is 0.